The smallest absolute Gasteiger partial charge is 0.410 e. The Morgan fingerprint density at radius 1 is 0.815 bits per heavy atom. The molecule has 2 aromatic carbocycles. The van der Waals surface area contributed by atoms with Crippen LogP contribution in [0.25, 0.3) is 0 Å². The Hall–Kier alpha value is -3.22. The van der Waals surface area contributed by atoms with E-state index in [-0.39, 0.29) is 6.61 Å². The molecule has 1 heterocycles. The minimum absolute atomic E-state index is 0.164. The van der Waals surface area contributed by atoms with Gasteiger partial charge in [0, 0.05) is 26.2 Å². The zero-order valence-electron chi connectivity index (χ0n) is 14.9. The quantitative estimate of drug-likeness (QED) is 0.874. The van der Waals surface area contributed by atoms with E-state index in [1.165, 1.54) is 9.80 Å². The predicted octanol–water partition coefficient (Wildman–Crippen LogP) is 3.20. The largest absolute Gasteiger partial charge is 0.489 e. The summed E-state index contributed by atoms with van der Waals surface area (Å²) in [6.45, 7) is 1.96. The molecule has 0 atom stereocenters. The van der Waals surface area contributed by atoms with Crippen LogP contribution in [0.5, 0.6) is 5.75 Å². The first-order chi connectivity index (χ1) is 13.1. The molecule has 7 heteroatoms. The van der Waals surface area contributed by atoms with Crippen molar-refractivity contribution in [3.05, 3.63) is 65.7 Å². The molecule has 1 fully saturated rings. The van der Waals surface area contributed by atoms with Gasteiger partial charge in [-0.15, -0.1) is 0 Å². The van der Waals surface area contributed by atoms with Crippen LogP contribution in [0.15, 0.2) is 54.6 Å². The summed E-state index contributed by atoms with van der Waals surface area (Å²) in [5.74, 6) is 0.749. The van der Waals surface area contributed by atoms with E-state index in [9.17, 15) is 9.59 Å². The van der Waals surface area contributed by atoms with Gasteiger partial charge in [0.15, 0.2) is 0 Å². The molecule has 1 N–H and O–H groups in total. The van der Waals surface area contributed by atoms with Crippen LogP contribution in [0.2, 0.25) is 0 Å². The Morgan fingerprint density at radius 2 is 1.41 bits per heavy atom. The van der Waals surface area contributed by atoms with Crippen LogP contribution in [0, 0.1) is 0 Å². The fourth-order valence-corrected chi connectivity index (χ4v) is 2.74. The monoisotopic (exact) mass is 370 g/mol. The van der Waals surface area contributed by atoms with E-state index >= 15 is 0 Å². The molecule has 27 heavy (non-hydrogen) atoms. The molecule has 0 spiro atoms. The van der Waals surface area contributed by atoms with Crippen molar-refractivity contribution in [1.29, 1.82) is 0 Å². The zero-order valence-corrected chi connectivity index (χ0v) is 14.9. The summed E-state index contributed by atoms with van der Waals surface area (Å²) >= 11 is 0. The average molecular weight is 370 g/mol. The van der Waals surface area contributed by atoms with E-state index in [1.807, 2.05) is 54.6 Å². The van der Waals surface area contributed by atoms with E-state index in [0.29, 0.717) is 32.8 Å². The van der Waals surface area contributed by atoms with E-state index < -0.39 is 12.2 Å². The summed E-state index contributed by atoms with van der Waals surface area (Å²) < 4.78 is 11.0. The number of carbonyl (C=O) groups is 2. The molecule has 1 saturated heterocycles. The highest BCUT2D eigenvalue weighted by Gasteiger charge is 2.24. The van der Waals surface area contributed by atoms with Crippen LogP contribution in [-0.2, 0) is 18.0 Å². The molecule has 142 valence electrons. The van der Waals surface area contributed by atoms with Gasteiger partial charge in [0.25, 0.3) is 0 Å². The van der Waals surface area contributed by atoms with Crippen molar-refractivity contribution in [2.24, 2.45) is 0 Å². The highest BCUT2D eigenvalue weighted by Crippen LogP contribution is 2.15. The van der Waals surface area contributed by atoms with Gasteiger partial charge in [-0.2, -0.15) is 0 Å². The maximum Gasteiger partial charge on any atom is 0.410 e. The molecule has 0 radical (unpaired) electrons. The normalized spacial score (nSPS) is 13.9. The van der Waals surface area contributed by atoms with Crippen molar-refractivity contribution in [3.63, 3.8) is 0 Å². The second-order valence-corrected chi connectivity index (χ2v) is 6.23. The summed E-state index contributed by atoms with van der Waals surface area (Å²) in [6.07, 6.45) is -1.39. The second kappa shape index (κ2) is 8.93. The summed E-state index contributed by atoms with van der Waals surface area (Å²) in [6, 6.07) is 17.3. The zero-order chi connectivity index (χ0) is 19.1. The Kier molecular flexibility index (Phi) is 6.14. The Balaban J connectivity index is 1.42. The van der Waals surface area contributed by atoms with E-state index in [1.54, 1.807) is 0 Å². The first-order valence-electron chi connectivity index (χ1n) is 8.77. The number of carbonyl (C=O) groups excluding carboxylic acids is 1. The van der Waals surface area contributed by atoms with Gasteiger partial charge in [0.2, 0.25) is 0 Å². The van der Waals surface area contributed by atoms with Gasteiger partial charge < -0.3 is 24.4 Å². The lowest BCUT2D eigenvalue weighted by Gasteiger charge is -2.32. The summed E-state index contributed by atoms with van der Waals surface area (Å²) in [4.78, 5) is 25.8. The van der Waals surface area contributed by atoms with E-state index in [0.717, 1.165) is 16.9 Å². The third-order valence-electron chi connectivity index (χ3n) is 4.34. The summed E-state index contributed by atoms with van der Waals surface area (Å²) in [5.41, 5.74) is 1.96. The molecule has 0 aromatic heterocycles. The van der Waals surface area contributed by atoms with Crippen LogP contribution in [0.1, 0.15) is 11.1 Å². The van der Waals surface area contributed by atoms with Gasteiger partial charge in [-0.05, 0) is 23.3 Å². The van der Waals surface area contributed by atoms with Gasteiger partial charge in [-0.25, -0.2) is 9.59 Å². The lowest BCUT2D eigenvalue weighted by Crippen LogP contribution is -2.50. The number of ether oxygens (including phenoxy) is 2. The van der Waals surface area contributed by atoms with E-state index in [4.69, 9.17) is 14.6 Å². The number of hydrogen-bond donors (Lipinski definition) is 1. The number of rotatable bonds is 5. The maximum absolute atomic E-state index is 12.1. The lowest BCUT2D eigenvalue weighted by molar-refractivity contribution is 0.0689. The first-order valence-corrected chi connectivity index (χ1v) is 8.77. The highest BCUT2D eigenvalue weighted by atomic mass is 16.6. The SMILES string of the molecule is O=C(O)N1CCN(C(=O)OCc2ccc(OCc3ccccc3)cc2)CC1. The van der Waals surface area contributed by atoms with Crippen LogP contribution in [0.4, 0.5) is 9.59 Å². The molecule has 0 bridgehead atoms. The van der Waals surface area contributed by atoms with Crippen molar-refractivity contribution in [1.82, 2.24) is 9.80 Å². The Bertz CT molecular complexity index is 756. The number of piperazine rings is 1. The van der Waals surface area contributed by atoms with Gasteiger partial charge >= 0.3 is 12.2 Å². The molecule has 0 aliphatic carbocycles. The molecule has 2 amide bonds. The predicted molar refractivity (Wildman–Crippen MR) is 98.6 cm³/mol. The maximum atomic E-state index is 12.1. The molecular weight excluding hydrogens is 348 g/mol. The molecule has 7 nitrogen and oxygen atoms in total. The molecule has 0 unspecified atom stereocenters. The third kappa shape index (κ3) is 5.37. The highest BCUT2D eigenvalue weighted by molar-refractivity contribution is 5.69. The minimum atomic E-state index is -0.961. The van der Waals surface area contributed by atoms with Crippen LogP contribution in [-0.4, -0.2) is 53.3 Å². The summed E-state index contributed by atoms with van der Waals surface area (Å²) in [7, 11) is 0. The number of nitrogens with zero attached hydrogens (tertiary/aromatic N) is 2. The minimum Gasteiger partial charge on any atom is -0.489 e. The van der Waals surface area contributed by atoms with Crippen molar-refractivity contribution < 1.29 is 24.2 Å². The molecule has 2 aromatic rings. The van der Waals surface area contributed by atoms with Crippen molar-refractivity contribution in [2.75, 3.05) is 26.2 Å². The van der Waals surface area contributed by atoms with Gasteiger partial charge in [0.1, 0.15) is 19.0 Å². The van der Waals surface area contributed by atoms with Gasteiger partial charge in [-0.3, -0.25) is 0 Å². The van der Waals surface area contributed by atoms with Crippen molar-refractivity contribution >= 4 is 12.2 Å². The standard InChI is InChI=1S/C20H22N2O5/c23-19(24)21-10-12-22(13-11-21)20(25)27-15-17-6-8-18(9-7-17)26-14-16-4-2-1-3-5-16/h1-9H,10-15H2,(H,23,24). The van der Waals surface area contributed by atoms with Crippen LogP contribution in [0.3, 0.4) is 0 Å². The van der Waals surface area contributed by atoms with E-state index in [2.05, 4.69) is 0 Å². The number of benzene rings is 2. The molecule has 1 aliphatic rings. The Morgan fingerprint density at radius 3 is 2.04 bits per heavy atom. The summed E-state index contributed by atoms with van der Waals surface area (Å²) in [5, 5.41) is 8.92. The first kappa shape index (κ1) is 18.6. The fourth-order valence-electron chi connectivity index (χ4n) is 2.74. The number of amides is 2. The molecule has 3 rings (SSSR count). The molecular formula is C20H22N2O5. The number of carboxylic acid groups (broad SMARTS) is 1. The average Bonchev–Trinajstić information content (AvgIpc) is 2.72. The second-order valence-electron chi connectivity index (χ2n) is 6.23. The van der Waals surface area contributed by atoms with Crippen LogP contribution >= 0.6 is 0 Å². The van der Waals surface area contributed by atoms with Gasteiger partial charge in [0.05, 0.1) is 0 Å². The fraction of sp³-hybridized carbons (Fsp3) is 0.300. The van der Waals surface area contributed by atoms with Crippen molar-refractivity contribution in [2.45, 2.75) is 13.2 Å². The van der Waals surface area contributed by atoms with Crippen LogP contribution < -0.4 is 4.74 Å². The molecule has 0 saturated carbocycles. The lowest BCUT2D eigenvalue weighted by atomic mass is 10.2. The topological polar surface area (TPSA) is 79.3 Å². The molecule has 1 aliphatic heterocycles. The van der Waals surface area contributed by atoms with Crippen molar-refractivity contribution in [3.8, 4) is 5.75 Å². The third-order valence-corrected chi connectivity index (χ3v) is 4.34. The Labute approximate surface area is 157 Å². The van der Waals surface area contributed by atoms with Gasteiger partial charge in [-0.1, -0.05) is 42.5 Å². The number of hydrogen-bond acceptors (Lipinski definition) is 4.